The number of unbranched alkanes of at least 4 members (excludes halogenated alkanes) is 5. The Hall–Kier alpha value is -0.440. The summed E-state index contributed by atoms with van der Waals surface area (Å²) in [5, 5.41) is 82.8. The van der Waals surface area contributed by atoms with Gasteiger partial charge in [0.2, 0.25) is 0 Å². The second kappa shape index (κ2) is 14.0. The highest BCUT2D eigenvalue weighted by molar-refractivity contribution is 4.91. The molecule has 31 heavy (non-hydrogen) atoms. The molecule has 9 N–H and O–H groups in total. The number of aliphatic hydroxyl groups excluding tert-OH is 7. The number of rotatable bonds is 15. The molecule has 1 heterocycles. The van der Waals surface area contributed by atoms with Crippen LogP contribution < -0.4 is 5.32 Å². The summed E-state index contributed by atoms with van der Waals surface area (Å²) in [4.78, 5) is 0. The first-order valence-electron chi connectivity index (χ1n) is 11.0. The average molecular weight is 456 g/mol. The van der Waals surface area contributed by atoms with Crippen LogP contribution in [0.5, 0.6) is 0 Å². The van der Waals surface area contributed by atoms with Crippen LogP contribution in [-0.2, 0) is 9.47 Å². The molecule has 1 saturated heterocycles. The van der Waals surface area contributed by atoms with Gasteiger partial charge < -0.3 is 55.6 Å². The third kappa shape index (κ3) is 8.78. The van der Waals surface area contributed by atoms with Crippen molar-refractivity contribution in [3.05, 3.63) is 0 Å². The van der Waals surface area contributed by atoms with Crippen LogP contribution in [0.25, 0.3) is 0 Å². The predicted molar refractivity (Wildman–Crippen MR) is 110 cm³/mol. The summed E-state index contributed by atoms with van der Waals surface area (Å²) < 4.78 is 10.2. The van der Waals surface area contributed by atoms with Gasteiger partial charge in [-0.2, -0.15) is 0 Å². The first-order chi connectivity index (χ1) is 14.6. The van der Waals surface area contributed by atoms with E-state index >= 15 is 0 Å². The van der Waals surface area contributed by atoms with E-state index in [0.717, 1.165) is 26.2 Å². The molecule has 0 aromatic carbocycles. The van der Waals surface area contributed by atoms with Crippen molar-refractivity contribution in [3.8, 4) is 0 Å². The molecule has 0 spiro atoms. The van der Waals surface area contributed by atoms with Crippen molar-refractivity contribution in [3.63, 3.8) is 0 Å². The number of nitrogens with one attached hydrogen (secondary N) is 1. The van der Waals surface area contributed by atoms with Gasteiger partial charge in [0.05, 0.1) is 12.7 Å². The van der Waals surface area contributed by atoms with Gasteiger partial charge in [0.25, 0.3) is 0 Å². The lowest BCUT2D eigenvalue weighted by atomic mass is 9.98. The zero-order valence-corrected chi connectivity index (χ0v) is 18.4. The van der Waals surface area contributed by atoms with Gasteiger partial charge in [0.1, 0.15) is 36.6 Å². The normalized spacial score (nSPS) is 31.7. The van der Waals surface area contributed by atoms with Gasteiger partial charge in [-0.1, -0.05) is 39.0 Å². The van der Waals surface area contributed by atoms with E-state index in [1.807, 2.05) is 0 Å². The van der Waals surface area contributed by atoms with Gasteiger partial charge in [0, 0.05) is 6.54 Å². The van der Waals surface area contributed by atoms with Gasteiger partial charge >= 0.3 is 0 Å². The Morgan fingerprint density at radius 3 is 2.19 bits per heavy atom. The maximum Gasteiger partial charge on any atom is 0.194 e. The summed E-state index contributed by atoms with van der Waals surface area (Å²) in [6.07, 6.45) is -6.65. The predicted octanol–water partition coefficient (Wildman–Crippen LogP) is -2.46. The largest absolute Gasteiger partial charge is 0.394 e. The van der Waals surface area contributed by atoms with Crippen LogP contribution in [0.2, 0.25) is 0 Å². The van der Waals surface area contributed by atoms with Gasteiger partial charge in [-0.3, -0.25) is 0 Å². The molecule has 1 rings (SSSR count). The fraction of sp³-hybridized carbons (Fsp3) is 1.00. The molecule has 0 saturated carbocycles. The van der Waals surface area contributed by atoms with Gasteiger partial charge in [-0.15, -0.1) is 0 Å². The summed E-state index contributed by atoms with van der Waals surface area (Å²) in [7, 11) is 0. The van der Waals surface area contributed by atoms with Crippen molar-refractivity contribution in [2.75, 3.05) is 19.7 Å². The molecule has 1 fully saturated rings. The average Bonchev–Trinajstić information content (AvgIpc) is 2.74. The second-order valence-corrected chi connectivity index (χ2v) is 8.34. The molecule has 186 valence electrons. The van der Waals surface area contributed by atoms with E-state index in [2.05, 4.69) is 12.2 Å². The van der Waals surface area contributed by atoms with Gasteiger partial charge in [0.15, 0.2) is 12.1 Å². The summed E-state index contributed by atoms with van der Waals surface area (Å²) >= 11 is 0. The fourth-order valence-corrected chi connectivity index (χ4v) is 3.40. The highest BCUT2D eigenvalue weighted by Gasteiger charge is 2.49. The molecule has 0 unspecified atom stereocenters. The van der Waals surface area contributed by atoms with Gasteiger partial charge in [-0.05, 0) is 19.9 Å². The molecule has 0 aromatic heterocycles. The first kappa shape index (κ1) is 28.6. The Bertz CT molecular complexity index is 481. The first-order valence-corrected chi connectivity index (χ1v) is 11.0. The number of aliphatic hydroxyl groups is 8. The van der Waals surface area contributed by atoms with Crippen molar-refractivity contribution in [1.82, 2.24) is 5.32 Å². The zero-order chi connectivity index (χ0) is 23.6. The molecular formula is C20H41NO10. The zero-order valence-electron chi connectivity index (χ0n) is 18.4. The van der Waals surface area contributed by atoms with Crippen LogP contribution in [0.15, 0.2) is 0 Å². The molecule has 11 heteroatoms. The Labute approximate surface area is 183 Å². The van der Waals surface area contributed by atoms with Crippen molar-refractivity contribution >= 4 is 0 Å². The number of hydrogen-bond acceptors (Lipinski definition) is 11. The Morgan fingerprint density at radius 2 is 1.58 bits per heavy atom. The highest BCUT2D eigenvalue weighted by atomic mass is 16.8. The van der Waals surface area contributed by atoms with E-state index in [0.29, 0.717) is 6.54 Å². The minimum atomic E-state index is -2.49. The molecule has 9 atom stereocenters. The Morgan fingerprint density at radius 1 is 0.968 bits per heavy atom. The monoisotopic (exact) mass is 455 g/mol. The van der Waals surface area contributed by atoms with Crippen molar-refractivity contribution in [2.24, 2.45) is 0 Å². The topological polar surface area (TPSA) is 192 Å². The van der Waals surface area contributed by atoms with Crippen LogP contribution in [0.3, 0.4) is 0 Å². The maximum absolute atomic E-state index is 10.4. The van der Waals surface area contributed by atoms with Crippen molar-refractivity contribution in [1.29, 1.82) is 0 Å². The van der Waals surface area contributed by atoms with Crippen LogP contribution in [0, 0.1) is 0 Å². The van der Waals surface area contributed by atoms with Crippen LogP contribution in [0.4, 0.5) is 0 Å². The van der Waals surface area contributed by atoms with Crippen LogP contribution >= 0.6 is 0 Å². The SMILES string of the molecule is CCCCCCCCNC[C@@H](O)[C@H](O)[C@@H](O)[C@](C)(O)O[C@@H]1O[C@H](CO)[C@H](O)[C@H](O)[C@H]1O. The van der Waals surface area contributed by atoms with E-state index in [1.54, 1.807) is 0 Å². The molecule has 0 aromatic rings. The summed E-state index contributed by atoms with van der Waals surface area (Å²) in [5.41, 5.74) is 0. The number of hydrogen-bond donors (Lipinski definition) is 9. The summed E-state index contributed by atoms with van der Waals surface area (Å²) in [6, 6.07) is 0. The summed E-state index contributed by atoms with van der Waals surface area (Å²) in [5.74, 6) is -2.49. The maximum atomic E-state index is 10.4. The lowest BCUT2D eigenvalue weighted by Gasteiger charge is -2.43. The quantitative estimate of drug-likeness (QED) is 0.0940. The van der Waals surface area contributed by atoms with Gasteiger partial charge in [-0.25, -0.2) is 0 Å². The van der Waals surface area contributed by atoms with Crippen LogP contribution in [0.1, 0.15) is 52.4 Å². The Balaban J connectivity index is 2.48. The fourth-order valence-electron chi connectivity index (χ4n) is 3.40. The minimum absolute atomic E-state index is 0.0245. The lowest BCUT2D eigenvalue weighted by Crippen LogP contribution is -2.63. The molecule has 11 nitrogen and oxygen atoms in total. The molecule has 0 amide bonds. The van der Waals surface area contributed by atoms with E-state index in [-0.39, 0.29) is 6.54 Å². The minimum Gasteiger partial charge on any atom is -0.394 e. The molecule has 0 bridgehead atoms. The molecule has 1 aliphatic rings. The molecule has 0 radical (unpaired) electrons. The summed E-state index contributed by atoms with van der Waals surface area (Å²) in [6.45, 7) is 3.04. The van der Waals surface area contributed by atoms with E-state index in [9.17, 15) is 40.9 Å². The van der Waals surface area contributed by atoms with Crippen molar-refractivity contribution in [2.45, 2.75) is 107 Å². The van der Waals surface area contributed by atoms with E-state index in [4.69, 9.17) is 9.47 Å². The smallest absolute Gasteiger partial charge is 0.194 e. The number of ether oxygens (including phenoxy) is 2. The van der Waals surface area contributed by atoms with E-state index < -0.39 is 61.4 Å². The standard InChI is InChI=1S/C20H41NO10/c1-3-4-5-6-7-8-9-21-10-12(23)14(24)18(28)20(2,29)31-19-17(27)16(26)15(25)13(11-22)30-19/h12-19,21-29H,3-11H2,1-2H3/t12-,13-,14+,15+,16+,17-,18-,19+,20-/m1/s1. The molecule has 0 aliphatic carbocycles. The molecule has 1 aliphatic heterocycles. The van der Waals surface area contributed by atoms with Crippen LogP contribution in [-0.4, -0.2) is 115 Å². The van der Waals surface area contributed by atoms with Crippen molar-refractivity contribution < 1.29 is 50.3 Å². The Kier molecular flexibility index (Phi) is 12.9. The third-order valence-electron chi connectivity index (χ3n) is 5.53. The molecular weight excluding hydrogens is 414 g/mol. The highest BCUT2D eigenvalue weighted by Crippen LogP contribution is 2.27. The third-order valence-corrected chi connectivity index (χ3v) is 5.53. The lowest BCUT2D eigenvalue weighted by molar-refractivity contribution is -0.379. The second-order valence-electron chi connectivity index (χ2n) is 8.34. The van der Waals surface area contributed by atoms with E-state index in [1.165, 1.54) is 19.3 Å².